The monoisotopic (exact) mass is 479 g/mol. The molecule has 1 aromatic heterocycles. The Labute approximate surface area is 180 Å². The molecule has 0 N–H and O–H groups in total. The first-order valence-corrected chi connectivity index (χ1v) is 10.6. The molecule has 6 nitrogen and oxygen atoms in total. The summed E-state index contributed by atoms with van der Waals surface area (Å²) in [5.41, 5.74) is 1.04. The average Bonchev–Trinajstić information content (AvgIpc) is 3.19. The lowest BCUT2D eigenvalue weighted by atomic mass is 10.2. The molecule has 0 saturated heterocycles. The largest absolute Gasteiger partial charge is 0.481 e. The molecule has 0 saturated carbocycles. The maximum atomic E-state index is 13.0. The molecule has 0 fully saturated rings. The van der Waals surface area contributed by atoms with Gasteiger partial charge < -0.3 is 14.1 Å². The van der Waals surface area contributed by atoms with Gasteiger partial charge in [0.2, 0.25) is 5.91 Å². The van der Waals surface area contributed by atoms with E-state index in [0.717, 1.165) is 10.0 Å². The van der Waals surface area contributed by atoms with Gasteiger partial charge in [-0.1, -0.05) is 39.8 Å². The molecule has 0 spiro atoms. The maximum Gasteiger partial charge on any atom is 0.277 e. The van der Waals surface area contributed by atoms with E-state index in [2.05, 4.69) is 26.1 Å². The van der Waals surface area contributed by atoms with E-state index < -0.39 is 6.10 Å². The van der Waals surface area contributed by atoms with E-state index in [-0.39, 0.29) is 23.4 Å². The van der Waals surface area contributed by atoms with Crippen molar-refractivity contribution in [3.8, 4) is 5.75 Å². The number of amides is 1. The topological polar surface area (TPSA) is 68.5 Å². The van der Waals surface area contributed by atoms with Gasteiger partial charge in [0.15, 0.2) is 6.10 Å². The summed E-state index contributed by atoms with van der Waals surface area (Å²) in [7, 11) is 1.75. The van der Waals surface area contributed by atoms with Crippen LogP contribution in [0.15, 0.2) is 62.6 Å². The second kappa shape index (κ2) is 9.89. The van der Waals surface area contributed by atoms with Crippen molar-refractivity contribution in [2.45, 2.75) is 24.8 Å². The third-order valence-electron chi connectivity index (χ3n) is 3.97. The number of rotatable bonds is 8. The fourth-order valence-electron chi connectivity index (χ4n) is 2.40. The van der Waals surface area contributed by atoms with Crippen molar-refractivity contribution in [2.75, 3.05) is 12.8 Å². The van der Waals surface area contributed by atoms with Gasteiger partial charge in [-0.25, -0.2) is 4.39 Å². The van der Waals surface area contributed by atoms with E-state index in [0.29, 0.717) is 17.5 Å². The van der Waals surface area contributed by atoms with Crippen molar-refractivity contribution >= 4 is 33.6 Å². The number of hydrogen-bond acceptors (Lipinski definition) is 6. The number of halogens is 2. The molecule has 152 valence electrons. The Morgan fingerprint density at radius 3 is 2.59 bits per heavy atom. The number of benzene rings is 2. The SMILES string of the molecule is C[C@H](Oc1ccc(F)cc1)c1nnc(SCC(=O)N(C)Cc2ccc(Br)cc2)o1. The molecule has 0 aliphatic rings. The van der Waals surface area contributed by atoms with Gasteiger partial charge in [0.1, 0.15) is 11.6 Å². The highest BCUT2D eigenvalue weighted by atomic mass is 79.9. The molecule has 1 heterocycles. The standard InChI is InChI=1S/C20H19BrFN3O3S/c1-13(27-17-9-7-16(22)8-10-17)19-23-24-20(28-19)29-12-18(26)25(2)11-14-3-5-15(21)6-4-14/h3-10,13H,11-12H2,1-2H3/t13-/m0/s1. The zero-order valence-electron chi connectivity index (χ0n) is 15.8. The molecule has 1 atom stereocenters. The summed E-state index contributed by atoms with van der Waals surface area (Å²) in [5, 5.41) is 8.20. The lowest BCUT2D eigenvalue weighted by Gasteiger charge is -2.16. The minimum absolute atomic E-state index is 0.0479. The summed E-state index contributed by atoms with van der Waals surface area (Å²) < 4.78 is 25.2. The number of thioether (sulfide) groups is 1. The van der Waals surface area contributed by atoms with Crippen LogP contribution in [0, 0.1) is 5.82 Å². The fraction of sp³-hybridized carbons (Fsp3) is 0.250. The molecule has 1 amide bonds. The van der Waals surface area contributed by atoms with Crippen molar-refractivity contribution < 1.29 is 18.3 Å². The van der Waals surface area contributed by atoms with Gasteiger partial charge in [-0.3, -0.25) is 4.79 Å². The lowest BCUT2D eigenvalue weighted by Crippen LogP contribution is -2.27. The molecule has 0 bridgehead atoms. The Bertz CT molecular complexity index is 950. The number of carbonyl (C=O) groups is 1. The molecular formula is C20H19BrFN3O3S. The summed E-state index contributed by atoms with van der Waals surface area (Å²) in [6, 6.07) is 13.5. The number of carbonyl (C=O) groups excluding carboxylic acids is 1. The van der Waals surface area contributed by atoms with Gasteiger partial charge in [-0.15, -0.1) is 10.2 Å². The van der Waals surface area contributed by atoms with Crippen molar-refractivity contribution in [1.29, 1.82) is 0 Å². The van der Waals surface area contributed by atoms with Crippen LogP contribution in [0.5, 0.6) is 5.75 Å². The van der Waals surface area contributed by atoms with Crippen LogP contribution < -0.4 is 4.74 Å². The van der Waals surface area contributed by atoms with E-state index in [1.54, 1.807) is 18.9 Å². The van der Waals surface area contributed by atoms with Crippen LogP contribution in [0.2, 0.25) is 0 Å². The van der Waals surface area contributed by atoms with E-state index in [9.17, 15) is 9.18 Å². The van der Waals surface area contributed by atoms with Crippen LogP contribution in [-0.4, -0.2) is 33.8 Å². The third kappa shape index (κ3) is 6.30. The number of hydrogen-bond donors (Lipinski definition) is 0. The Balaban J connectivity index is 1.49. The highest BCUT2D eigenvalue weighted by Gasteiger charge is 2.18. The Kier molecular flexibility index (Phi) is 7.27. The molecule has 0 aliphatic heterocycles. The van der Waals surface area contributed by atoms with Gasteiger partial charge in [-0.2, -0.15) is 0 Å². The van der Waals surface area contributed by atoms with Crippen LogP contribution in [0.3, 0.4) is 0 Å². The van der Waals surface area contributed by atoms with E-state index in [4.69, 9.17) is 9.15 Å². The van der Waals surface area contributed by atoms with Crippen molar-refractivity contribution in [2.24, 2.45) is 0 Å². The van der Waals surface area contributed by atoms with E-state index in [1.165, 1.54) is 36.0 Å². The van der Waals surface area contributed by atoms with Crippen LogP contribution in [0.25, 0.3) is 0 Å². The molecule has 2 aromatic carbocycles. The first kappa shape index (κ1) is 21.3. The molecular weight excluding hydrogens is 461 g/mol. The Morgan fingerprint density at radius 1 is 1.21 bits per heavy atom. The van der Waals surface area contributed by atoms with Crippen LogP contribution >= 0.6 is 27.7 Å². The molecule has 29 heavy (non-hydrogen) atoms. The maximum absolute atomic E-state index is 13.0. The van der Waals surface area contributed by atoms with Gasteiger partial charge in [-0.05, 0) is 48.9 Å². The summed E-state index contributed by atoms with van der Waals surface area (Å²) in [5.74, 6) is 0.579. The highest BCUT2D eigenvalue weighted by Crippen LogP contribution is 2.24. The van der Waals surface area contributed by atoms with Gasteiger partial charge in [0.05, 0.1) is 5.75 Å². The first-order valence-electron chi connectivity index (χ1n) is 8.77. The van der Waals surface area contributed by atoms with Gasteiger partial charge >= 0.3 is 0 Å². The molecule has 0 radical (unpaired) electrons. The van der Waals surface area contributed by atoms with Crippen molar-refractivity contribution in [1.82, 2.24) is 15.1 Å². The van der Waals surface area contributed by atoms with Crippen LogP contribution in [0.1, 0.15) is 24.5 Å². The minimum atomic E-state index is -0.502. The quantitative estimate of drug-likeness (QED) is 0.429. The van der Waals surface area contributed by atoms with Gasteiger partial charge in [0, 0.05) is 18.1 Å². The molecule has 0 aliphatic carbocycles. The predicted molar refractivity (Wildman–Crippen MR) is 111 cm³/mol. The first-order chi connectivity index (χ1) is 13.9. The summed E-state index contributed by atoms with van der Waals surface area (Å²) in [4.78, 5) is 14.0. The number of ether oxygens (including phenoxy) is 1. The normalized spacial score (nSPS) is 11.9. The molecule has 3 aromatic rings. The zero-order chi connectivity index (χ0) is 20.8. The Morgan fingerprint density at radius 2 is 1.90 bits per heavy atom. The molecule has 9 heteroatoms. The second-order valence-electron chi connectivity index (χ2n) is 6.29. The minimum Gasteiger partial charge on any atom is -0.481 e. The van der Waals surface area contributed by atoms with Crippen LogP contribution in [0.4, 0.5) is 4.39 Å². The van der Waals surface area contributed by atoms with E-state index in [1.807, 2.05) is 24.3 Å². The molecule has 0 unspecified atom stereocenters. The lowest BCUT2D eigenvalue weighted by molar-refractivity contribution is -0.127. The highest BCUT2D eigenvalue weighted by molar-refractivity contribution is 9.10. The number of aromatic nitrogens is 2. The predicted octanol–water partition coefficient (Wildman–Crippen LogP) is 4.86. The molecule has 3 rings (SSSR count). The third-order valence-corrected chi connectivity index (χ3v) is 5.31. The number of nitrogens with zero attached hydrogens (tertiary/aromatic N) is 3. The van der Waals surface area contributed by atoms with Gasteiger partial charge in [0.25, 0.3) is 11.1 Å². The fourth-order valence-corrected chi connectivity index (χ4v) is 3.37. The van der Waals surface area contributed by atoms with Crippen molar-refractivity contribution in [3.05, 3.63) is 70.3 Å². The van der Waals surface area contributed by atoms with E-state index >= 15 is 0 Å². The zero-order valence-corrected chi connectivity index (χ0v) is 18.2. The second-order valence-corrected chi connectivity index (χ2v) is 8.13. The smallest absolute Gasteiger partial charge is 0.277 e. The summed E-state index contributed by atoms with van der Waals surface area (Å²) in [6.45, 7) is 2.27. The Hall–Kier alpha value is -2.39. The van der Waals surface area contributed by atoms with Crippen LogP contribution in [-0.2, 0) is 11.3 Å². The van der Waals surface area contributed by atoms with Crippen molar-refractivity contribution in [3.63, 3.8) is 0 Å². The summed E-state index contributed by atoms with van der Waals surface area (Å²) >= 11 is 4.57. The summed E-state index contributed by atoms with van der Waals surface area (Å²) in [6.07, 6.45) is -0.502. The average molecular weight is 480 g/mol.